The highest BCUT2D eigenvalue weighted by Gasteiger charge is 2.33. The zero-order valence-corrected chi connectivity index (χ0v) is 10.4. The summed E-state index contributed by atoms with van der Waals surface area (Å²) in [7, 11) is -3.62. The SMILES string of the molecule is O=S1(=O)Nc2cc(F)ccc2OC1CCCCl. The highest BCUT2D eigenvalue weighted by Crippen LogP contribution is 2.33. The lowest BCUT2D eigenvalue weighted by molar-refractivity contribution is 0.259. The Morgan fingerprint density at radius 1 is 1.47 bits per heavy atom. The standard InChI is InChI=1S/C10H11ClFNO3S/c11-5-1-2-10-16-9-4-3-7(12)6-8(9)13-17(10,14)15/h3-4,6,10,13H,1-2,5H2. The van der Waals surface area contributed by atoms with Gasteiger partial charge in [-0.25, -0.2) is 12.8 Å². The lowest BCUT2D eigenvalue weighted by Crippen LogP contribution is -2.36. The maximum atomic E-state index is 12.9. The number of alkyl halides is 1. The molecule has 0 radical (unpaired) electrons. The Kier molecular flexibility index (Phi) is 3.44. The summed E-state index contributed by atoms with van der Waals surface area (Å²) in [6.07, 6.45) is 0.833. The normalized spacial score (nSPS) is 21.2. The van der Waals surface area contributed by atoms with Gasteiger partial charge in [-0.05, 0) is 18.6 Å². The fraction of sp³-hybridized carbons (Fsp3) is 0.400. The van der Waals surface area contributed by atoms with Gasteiger partial charge >= 0.3 is 0 Å². The highest BCUT2D eigenvalue weighted by molar-refractivity contribution is 7.93. The van der Waals surface area contributed by atoms with Crippen molar-refractivity contribution in [2.45, 2.75) is 18.3 Å². The molecule has 0 aromatic heterocycles. The van der Waals surface area contributed by atoms with E-state index in [0.29, 0.717) is 24.5 Å². The van der Waals surface area contributed by atoms with Crippen LogP contribution in [0.5, 0.6) is 5.75 Å². The molecule has 0 aliphatic carbocycles. The quantitative estimate of drug-likeness (QED) is 0.864. The van der Waals surface area contributed by atoms with Gasteiger partial charge in [-0.1, -0.05) is 0 Å². The number of sulfonamides is 1. The fourth-order valence-corrected chi connectivity index (χ4v) is 3.03. The fourth-order valence-electron chi connectivity index (χ4n) is 1.57. The van der Waals surface area contributed by atoms with Crippen LogP contribution in [0.1, 0.15) is 12.8 Å². The Morgan fingerprint density at radius 2 is 2.24 bits per heavy atom. The van der Waals surface area contributed by atoms with E-state index in [2.05, 4.69) is 4.72 Å². The summed E-state index contributed by atoms with van der Waals surface area (Å²) in [4.78, 5) is 0. The van der Waals surface area contributed by atoms with Crippen molar-refractivity contribution in [1.29, 1.82) is 0 Å². The van der Waals surface area contributed by atoms with Gasteiger partial charge < -0.3 is 4.74 Å². The largest absolute Gasteiger partial charge is 0.470 e. The molecule has 0 saturated heterocycles. The molecular formula is C10H11ClFNO3S. The smallest absolute Gasteiger partial charge is 0.271 e. The predicted octanol–water partition coefficient (Wildman–Crippen LogP) is 2.30. The molecule has 0 amide bonds. The summed E-state index contributed by atoms with van der Waals surface area (Å²) >= 11 is 5.51. The van der Waals surface area contributed by atoms with Crippen LogP contribution in [0.2, 0.25) is 0 Å². The molecule has 1 aliphatic rings. The van der Waals surface area contributed by atoms with Crippen molar-refractivity contribution in [3.8, 4) is 5.75 Å². The van der Waals surface area contributed by atoms with Crippen molar-refractivity contribution in [1.82, 2.24) is 0 Å². The van der Waals surface area contributed by atoms with Crippen LogP contribution in [-0.2, 0) is 10.0 Å². The molecule has 1 aliphatic heterocycles. The number of hydrogen-bond donors (Lipinski definition) is 1. The molecule has 0 fully saturated rings. The Bertz CT molecular complexity index is 520. The molecule has 0 bridgehead atoms. The van der Waals surface area contributed by atoms with Gasteiger partial charge in [-0.3, -0.25) is 4.72 Å². The second kappa shape index (κ2) is 4.70. The molecule has 7 heteroatoms. The van der Waals surface area contributed by atoms with Gasteiger partial charge in [0.05, 0.1) is 5.69 Å². The third-order valence-electron chi connectivity index (χ3n) is 2.37. The van der Waals surface area contributed by atoms with Gasteiger partial charge in [0.25, 0.3) is 10.0 Å². The Morgan fingerprint density at radius 3 is 2.94 bits per heavy atom. The topological polar surface area (TPSA) is 55.4 Å². The number of anilines is 1. The molecule has 2 rings (SSSR count). The van der Waals surface area contributed by atoms with Crippen LogP contribution in [-0.4, -0.2) is 19.7 Å². The summed E-state index contributed by atoms with van der Waals surface area (Å²) in [6, 6.07) is 3.71. The maximum Gasteiger partial charge on any atom is 0.271 e. The molecule has 4 nitrogen and oxygen atoms in total. The number of rotatable bonds is 3. The van der Waals surface area contributed by atoms with E-state index in [-0.39, 0.29) is 5.69 Å². The average Bonchev–Trinajstić information content (AvgIpc) is 2.25. The number of ether oxygens (including phenoxy) is 1. The van der Waals surface area contributed by atoms with Crippen molar-refractivity contribution < 1.29 is 17.5 Å². The van der Waals surface area contributed by atoms with Crippen LogP contribution in [0, 0.1) is 5.82 Å². The van der Waals surface area contributed by atoms with E-state index < -0.39 is 21.3 Å². The lowest BCUT2D eigenvalue weighted by Gasteiger charge is -2.26. The third kappa shape index (κ3) is 2.63. The zero-order valence-electron chi connectivity index (χ0n) is 8.82. The first-order valence-corrected chi connectivity index (χ1v) is 7.15. The molecule has 1 aromatic carbocycles. The van der Waals surface area contributed by atoms with Gasteiger partial charge in [0, 0.05) is 18.4 Å². The Balaban J connectivity index is 2.28. The summed E-state index contributed by atoms with van der Waals surface area (Å²) < 4.78 is 44.1. The van der Waals surface area contributed by atoms with E-state index >= 15 is 0 Å². The summed E-state index contributed by atoms with van der Waals surface area (Å²) in [5, 5.41) is 0. The minimum absolute atomic E-state index is 0.132. The Hall–Kier alpha value is -1.01. The van der Waals surface area contributed by atoms with Gasteiger partial charge in [-0.2, -0.15) is 0 Å². The molecule has 1 heterocycles. The summed E-state index contributed by atoms with van der Waals surface area (Å²) in [5.41, 5.74) is -0.841. The molecule has 1 unspecified atom stereocenters. The van der Waals surface area contributed by atoms with Crippen LogP contribution in [0.4, 0.5) is 10.1 Å². The van der Waals surface area contributed by atoms with E-state index in [9.17, 15) is 12.8 Å². The predicted molar refractivity (Wildman–Crippen MR) is 63.3 cm³/mol. The van der Waals surface area contributed by atoms with Gasteiger partial charge in [-0.15, -0.1) is 11.6 Å². The van der Waals surface area contributed by atoms with Crippen LogP contribution < -0.4 is 9.46 Å². The molecule has 94 valence electrons. The molecule has 1 aromatic rings. The number of halogens is 2. The van der Waals surface area contributed by atoms with Crippen LogP contribution >= 0.6 is 11.6 Å². The van der Waals surface area contributed by atoms with Crippen molar-refractivity contribution >= 4 is 27.3 Å². The van der Waals surface area contributed by atoms with Crippen molar-refractivity contribution in [2.75, 3.05) is 10.6 Å². The number of nitrogens with one attached hydrogen (secondary N) is 1. The van der Waals surface area contributed by atoms with Crippen LogP contribution in [0.3, 0.4) is 0 Å². The van der Waals surface area contributed by atoms with E-state index in [1.54, 1.807) is 0 Å². The van der Waals surface area contributed by atoms with Gasteiger partial charge in [0.1, 0.15) is 11.6 Å². The highest BCUT2D eigenvalue weighted by atomic mass is 35.5. The van der Waals surface area contributed by atoms with Crippen LogP contribution in [0.25, 0.3) is 0 Å². The Labute approximate surface area is 104 Å². The summed E-state index contributed by atoms with van der Waals surface area (Å²) in [6.45, 7) is 0. The molecule has 0 spiro atoms. The first kappa shape index (κ1) is 12.4. The van der Waals surface area contributed by atoms with Gasteiger partial charge in [0.2, 0.25) is 5.44 Å². The zero-order chi connectivity index (χ0) is 12.5. The molecule has 0 saturated carbocycles. The van der Waals surface area contributed by atoms with Gasteiger partial charge in [0.15, 0.2) is 0 Å². The van der Waals surface area contributed by atoms with Crippen molar-refractivity contribution in [2.24, 2.45) is 0 Å². The summed E-state index contributed by atoms with van der Waals surface area (Å²) in [5.74, 6) is 0.182. The van der Waals surface area contributed by atoms with Crippen molar-refractivity contribution in [3.63, 3.8) is 0 Å². The minimum atomic E-state index is -3.62. The lowest BCUT2D eigenvalue weighted by atomic mass is 10.3. The molecular weight excluding hydrogens is 269 g/mol. The average molecular weight is 280 g/mol. The van der Waals surface area contributed by atoms with E-state index in [0.717, 1.165) is 6.07 Å². The van der Waals surface area contributed by atoms with E-state index in [1.165, 1.54) is 12.1 Å². The third-order valence-corrected chi connectivity index (χ3v) is 4.17. The number of benzene rings is 1. The second-order valence-corrected chi connectivity index (χ2v) is 5.86. The minimum Gasteiger partial charge on any atom is -0.470 e. The first-order valence-electron chi connectivity index (χ1n) is 5.07. The molecule has 17 heavy (non-hydrogen) atoms. The first-order chi connectivity index (χ1) is 8.03. The maximum absolute atomic E-state index is 12.9. The monoisotopic (exact) mass is 279 g/mol. The van der Waals surface area contributed by atoms with E-state index in [4.69, 9.17) is 16.3 Å². The van der Waals surface area contributed by atoms with E-state index in [1.807, 2.05) is 0 Å². The van der Waals surface area contributed by atoms with Crippen LogP contribution in [0.15, 0.2) is 18.2 Å². The van der Waals surface area contributed by atoms with Crippen molar-refractivity contribution in [3.05, 3.63) is 24.0 Å². The molecule has 1 N–H and O–H groups in total. The number of fused-ring (bicyclic) bond motifs is 1. The second-order valence-electron chi connectivity index (χ2n) is 3.67. The molecule has 1 atom stereocenters. The number of hydrogen-bond acceptors (Lipinski definition) is 3.